The lowest BCUT2D eigenvalue weighted by Gasteiger charge is -2.03. The van der Waals surface area contributed by atoms with Crippen molar-refractivity contribution in [3.8, 4) is 17.4 Å². The minimum Gasteiger partial charge on any atom is -0.457 e. The summed E-state index contributed by atoms with van der Waals surface area (Å²) in [7, 11) is 0. The molecule has 3 rings (SSSR count). The van der Waals surface area contributed by atoms with Gasteiger partial charge in [-0.2, -0.15) is 5.26 Å². The van der Waals surface area contributed by atoms with Crippen molar-refractivity contribution in [2.24, 2.45) is 0 Å². The van der Waals surface area contributed by atoms with Crippen LogP contribution in [0, 0.1) is 17.1 Å². The van der Waals surface area contributed by atoms with Gasteiger partial charge in [0.15, 0.2) is 0 Å². The molecule has 0 spiro atoms. The predicted octanol–water partition coefficient (Wildman–Crippen LogP) is 5.28. The van der Waals surface area contributed by atoms with E-state index in [1.165, 1.54) is 18.2 Å². The van der Waals surface area contributed by atoms with Crippen LogP contribution in [0.4, 0.5) is 10.1 Å². The van der Waals surface area contributed by atoms with Gasteiger partial charge in [0.1, 0.15) is 29.0 Å². The Labute approximate surface area is 154 Å². The highest BCUT2D eigenvalue weighted by Gasteiger charge is 2.11. The molecule has 0 aliphatic carbocycles. The molecule has 6 heteroatoms. The lowest BCUT2D eigenvalue weighted by atomic mass is 10.2. The van der Waals surface area contributed by atoms with Crippen molar-refractivity contribution in [2.75, 3.05) is 5.32 Å². The lowest BCUT2D eigenvalue weighted by molar-refractivity contribution is -0.112. The van der Waals surface area contributed by atoms with Crippen LogP contribution in [-0.2, 0) is 4.79 Å². The Morgan fingerprint density at radius 1 is 1.08 bits per heavy atom. The highest BCUT2D eigenvalue weighted by Crippen LogP contribution is 2.24. The fraction of sp³-hybridized carbons (Fsp3) is 0. The number of furan rings is 1. The molecule has 4 nitrogen and oxygen atoms in total. The number of hydrogen-bond acceptors (Lipinski definition) is 3. The van der Waals surface area contributed by atoms with E-state index in [9.17, 15) is 14.4 Å². The van der Waals surface area contributed by atoms with E-state index in [1.807, 2.05) is 6.07 Å². The minimum atomic E-state index is -0.561. The Hall–Kier alpha value is -3.36. The second-order valence-corrected chi connectivity index (χ2v) is 5.78. The summed E-state index contributed by atoms with van der Waals surface area (Å²) in [6.45, 7) is 0. The van der Waals surface area contributed by atoms with E-state index in [1.54, 1.807) is 48.5 Å². The van der Waals surface area contributed by atoms with Crippen molar-refractivity contribution in [2.45, 2.75) is 0 Å². The first kappa shape index (κ1) is 17.5. The number of carbonyl (C=O) groups excluding carboxylic acids is 1. The average Bonchev–Trinajstić information content (AvgIpc) is 3.11. The summed E-state index contributed by atoms with van der Waals surface area (Å²) < 4.78 is 18.6. The van der Waals surface area contributed by atoms with Crippen LogP contribution in [0.5, 0.6) is 0 Å². The quantitative estimate of drug-likeness (QED) is 0.504. The van der Waals surface area contributed by atoms with Crippen LogP contribution >= 0.6 is 11.6 Å². The molecule has 0 aliphatic heterocycles. The standard InChI is InChI=1S/C20H12ClFN2O2/c21-15-3-7-17(8-4-15)24-20(25)14(12-23)11-18-9-10-19(26-18)13-1-5-16(22)6-2-13/h1-11H,(H,24,25)/b14-11-. The van der Waals surface area contributed by atoms with Crippen molar-refractivity contribution < 1.29 is 13.6 Å². The number of rotatable bonds is 4. The van der Waals surface area contributed by atoms with Gasteiger partial charge in [-0.15, -0.1) is 0 Å². The molecule has 26 heavy (non-hydrogen) atoms. The third-order valence-corrected chi connectivity index (χ3v) is 3.76. The van der Waals surface area contributed by atoms with Crippen LogP contribution < -0.4 is 5.32 Å². The number of amides is 1. The van der Waals surface area contributed by atoms with Gasteiger partial charge < -0.3 is 9.73 Å². The minimum absolute atomic E-state index is 0.111. The van der Waals surface area contributed by atoms with Gasteiger partial charge in [0.05, 0.1) is 0 Å². The summed E-state index contributed by atoms with van der Waals surface area (Å²) in [6, 6.07) is 17.5. The van der Waals surface area contributed by atoms with Gasteiger partial charge in [-0.1, -0.05) is 11.6 Å². The molecule has 0 radical (unpaired) electrons. The molecular formula is C20H12ClFN2O2. The van der Waals surface area contributed by atoms with Crippen LogP contribution in [0.1, 0.15) is 5.76 Å². The maximum absolute atomic E-state index is 13.0. The second kappa shape index (κ2) is 7.68. The van der Waals surface area contributed by atoms with Crippen LogP contribution in [0.3, 0.4) is 0 Å². The number of nitriles is 1. The summed E-state index contributed by atoms with van der Waals surface area (Å²) in [6.07, 6.45) is 1.35. The maximum atomic E-state index is 13.0. The van der Waals surface area contributed by atoms with Crippen LogP contribution in [-0.4, -0.2) is 5.91 Å². The molecule has 0 saturated carbocycles. The molecule has 1 aromatic heterocycles. The maximum Gasteiger partial charge on any atom is 0.266 e. The Kier molecular flexibility index (Phi) is 5.16. The molecule has 1 N–H and O–H groups in total. The van der Waals surface area contributed by atoms with E-state index in [-0.39, 0.29) is 11.4 Å². The SMILES string of the molecule is N#C/C(=C/c1ccc(-c2ccc(F)cc2)o1)C(=O)Nc1ccc(Cl)cc1. The number of carbonyl (C=O) groups is 1. The summed E-state index contributed by atoms with van der Waals surface area (Å²) >= 11 is 5.80. The van der Waals surface area contributed by atoms with Crippen molar-refractivity contribution in [1.29, 1.82) is 5.26 Å². The highest BCUT2D eigenvalue weighted by atomic mass is 35.5. The Bertz CT molecular complexity index is 1000. The number of hydrogen-bond donors (Lipinski definition) is 1. The van der Waals surface area contributed by atoms with Gasteiger partial charge >= 0.3 is 0 Å². The van der Waals surface area contributed by atoms with E-state index in [2.05, 4.69) is 5.32 Å². The summed E-state index contributed by atoms with van der Waals surface area (Å²) in [5.41, 5.74) is 1.10. The van der Waals surface area contributed by atoms with Crippen LogP contribution in [0.2, 0.25) is 5.02 Å². The van der Waals surface area contributed by atoms with Crippen molar-refractivity contribution in [3.05, 3.63) is 82.8 Å². The third kappa shape index (κ3) is 4.18. The second-order valence-electron chi connectivity index (χ2n) is 5.34. The molecule has 3 aromatic rings. The fourth-order valence-corrected chi connectivity index (χ4v) is 2.35. The van der Waals surface area contributed by atoms with E-state index in [4.69, 9.17) is 16.0 Å². The fourth-order valence-electron chi connectivity index (χ4n) is 2.22. The molecule has 1 amide bonds. The number of benzene rings is 2. The Morgan fingerprint density at radius 2 is 1.77 bits per heavy atom. The first-order valence-electron chi connectivity index (χ1n) is 7.59. The molecule has 2 aromatic carbocycles. The highest BCUT2D eigenvalue weighted by molar-refractivity contribution is 6.30. The molecule has 0 bridgehead atoms. The van der Waals surface area contributed by atoms with E-state index >= 15 is 0 Å². The summed E-state index contributed by atoms with van der Waals surface area (Å²) in [4.78, 5) is 12.2. The van der Waals surface area contributed by atoms with Crippen LogP contribution in [0.25, 0.3) is 17.4 Å². The molecule has 0 saturated heterocycles. The van der Waals surface area contributed by atoms with Gasteiger partial charge in [0.25, 0.3) is 5.91 Å². The topological polar surface area (TPSA) is 66.0 Å². The van der Waals surface area contributed by atoms with Gasteiger partial charge in [-0.25, -0.2) is 4.39 Å². The average molecular weight is 367 g/mol. The molecule has 1 heterocycles. The summed E-state index contributed by atoms with van der Waals surface area (Å²) in [5.74, 6) is -0.0561. The monoisotopic (exact) mass is 366 g/mol. The van der Waals surface area contributed by atoms with Gasteiger partial charge in [-0.3, -0.25) is 4.79 Å². The first-order chi connectivity index (χ1) is 12.5. The van der Waals surface area contributed by atoms with Crippen molar-refractivity contribution in [3.63, 3.8) is 0 Å². The number of nitrogens with zero attached hydrogens (tertiary/aromatic N) is 1. The van der Waals surface area contributed by atoms with E-state index in [0.717, 1.165) is 0 Å². The van der Waals surface area contributed by atoms with E-state index in [0.29, 0.717) is 27.8 Å². The third-order valence-electron chi connectivity index (χ3n) is 3.51. The number of halogens is 2. The summed E-state index contributed by atoms with van der Waals surface area (Å²) in [5, 5.41) is 12.4. The van der Waals surface area contributed by atoms with Gasteiger partial charge in [0, 0.05) is 22.3 Å². The first-order valence-corrected chi connectivity index (χ1v) is 7.97. The van der Waals surface area contributed by atoms with E-state index < -0.39 is 5.91 Å². The van der Waals surface area contributed by atoms with Crippen LogP contribution in [0.15, 0.2) is 70.7 Å². The van der Waals surface area contributed by atoms with Gasteiger partial charge in [-0.05, 0) is 60.7 Å². The molecular weight excluding hydrogens is 355 g/mol. The molecule has 0 fully saturated rings. The zero-order chi connectivity index (χ0) is 18.5. The smallest absolute Gasteiger partial charge is 0.266 e. The largest absolute Gasteiger partial charge is 0.457 e. The molecule has 0 unspecified atom stereocenters. The number of anilines is 1. The molecule has 128 valence electrons. The van der Waals surface area contributed by atoms with Crippen molar-refractivity contribution in [1.82, 2.24) is 0 Å². The normalized spacial score (nSPS) is 11.0. The number of nitrogens with one attached hydrogen (secondary N) is 1. The zero-order valence-corrected chi connectivity index (χ0v) is 14.1. The molecule has 0 aliphatic rings. The lowest BCUT2D eigenvalue weighted by Crippen LogP contribution is -2.13. The zero-order valence-electron chi connectivity index (χ0n) is 13.4. The Balaban J connectivity index is 1.78. The predicted molar refractivity (Wildman–Crippen MR) is 97.8 cm³/mol. The van der Waals surface area contributed by atoms with Gasteiger partial charge in [0.2, 0.25) is 0 Å². The molecule has 0 atom stereocenters. The van der Waals surface area contributed by atoms with Crippen molar-refractivity contribution >= 4 is 29.3 Å². The Morgan fingerprint density at radius 3 is 2.42 bits per heavy atom.